The van der Waals surface area contributed by atoms with Gasteiger partial charge in [0.2, 0.25) is 0 Å². The molecular weight excluding hydrogens is 468 g/mol. The van der Waals surface area contributed by atoms with Gasteiger partial charge >= 0.3 is 0 Å². The Balaban J connectivity index is 1.76. The highest BCUT2D eigenvalue weighted by molar-refractivity contribution is 6.30. The maximum absolute atomic E-state index is 13.5. The van der Waals surface area contributed by atoms with Gasteiger partial charge < -0.3 is 0 Å². The summed E-state index contributed by atoms with van der Waals surface area (Å²) in [4.78, 5) is 61.1. The van der Waals surface area contributed by atoms with E-state index in [0.717, 1.165) is 41.1 Å². The van der Waals surface area contributed by atoms with E-state index in [4.69, 9.17) is 11.6 Å². The second-order valence-electron chi connectivity index (χ2n) is 8.18. The summed E-state index contributed by atoms with van der Waals surface area (Å²) in [6.45, 7) is -0.444. The van der Waals surface area contributed by atoms with Crippen LogP contribution in [0.25, 0.3) is 0 Å². The fourth-order valence-electron chi connectivity index (χ4n) is 4.49. The maximum atomic E-state index is 13.5. The van der Waals surface area contributed by atoms with Crippen LogP contribution in [0.4, 0.5) is 11.4 Å². The van der Waals surface area contributed by atoms with Crippen molar-refractivity contribution in [2.24, 2.45) is 11.8 Å². The first kappa shape index (κ1) is 23.3. The number of hydrogen-bond donors (Lipinski definition) is 0. The van der Waals surface area contributed by atoms with Crippen LogP contribution in [0.1, 0.15) is 41.6 Å². The standard InChI is InChI=1S/C22H19ClN4O7/c23-15-8-5-14(19(11-15)27(33)34)12-24(20(28)13-6-9-16(10-7-13)26(31)32)25-21(29)17-3-1-2-4-18(17)22(25)30/h5-11,17-18H,1-4,12H2/t17-,18-/m0/s1. The van der Waals surface area contributed by atoms with Gasteiger partial charge in [-0.3, -0.25) is 34.6 Å². The molecule has 1 aliphatic heterocycles. The molecule has 0 spiro atoms. The number of nitrogens with zero attached hydrogens (tertiary/aromatic N) is 4. The van der Waals surface area contributed by atoms with Crippen LogP contribution >= 0.6 is 11.6 Å². The van der Waals surface area contributed by atoms with Gasteiger partial charge in [-0.2, -0.15) is 5.01 Å². The number of imide groups is 1. The minimum Gasteiger partial charge on any atom is -0.272 e. The van der Waals surface area contributed by atoms with E-state index in [0.29, 0.717) is 12.8 Å². The Bertz CT molecular complexity index is 1180. The Morgan fingerprint density at radius 3 is 2.09 bits per heavy atom. The monoisotopic (exact) mass is 486 g/mol. The molecule has 2 aromatic rings. The van der Waals surface area contributed by atoms with E-state index < -0.39 is 45.9 Å². The molecule has 2 fully saturated rings. The first-order valence-electron chi connectivity index (χ1n) is 10.6. The number of carbonyl (C=O) groups excluding carboxylic acids is 3. The van der Waals surface area contributed by atoms with E-state index in [1.54, 1.807) is 0 Å². The van der Waals surface area contributed by atoms with Crippen molar-refractivity contribution in [3.63, 3.8) is 0 Å². The Morgan fingerprint density at radius 2 is 1.56 bits per heavy atom. The van der Waals surface area contributed by atoms with Gasteiger partial charge in [0.25, 0.3) is 29.1 Å². The van der Waals surface area contributed by atoms with E-state index >= 15 is 0 Å². The molecule has 1 heterocycles. The van der Waals surface area contributed by atoms with Gasteiger partial charge in [-0.05, 0) is 37.1 Å². The molecule has 1 aliphatic carbocycles. The third-order valence-electron chi connectivity index (χ3n) is 6.18. The molecule has 1 saturated carbocycles. The lowest BCUT2D eigenvalue weighted by atomic mass is 9.81. The number of hydrogen-bond acceptors (Lipinski definition) is 7. The quantitative estimate of drug-likeness (QED) is 0.342. The Kier molecular flexibility index (Phi) is 6.29. The molecule has 176 valence electrons. The van der Waals surface area contributed by atoms with Crippen LogP contribution in [0.15, 0.2) is 42.5 Å². The molecule has 2 aromatic carbocycles. The number of carbonyl (C=O) groups is 3. The number of hydrazine groups is 1. The van der Waals surface area contributed by atoms with Crippen molar-refractivity contribution in [2.75, 3.05) is 0 Å². The highest BCUT2D eigenvalue weighted by Gasteiger charge is 2.51. The number of amides is 3. The molecule has 1 saturated heterocycles. The van der Waals surface area contributed by atoms with E-state index in [2.05, 4.69) is 0 Å². The SMILES string of the molecule is O=C(c1ccc([N+](=O)[O-])cc1)N(Cc1ccc(Cl)cc1[N+](=O)[O-])N1C(=O)[C@H]2CCCC[C@@H]2C1=O. The van der Waals surface area contributed by atoms with E-state index in [1.165, 1.54) is 24.3 Å². The summed E-state index contributed by atoms with van der Waals surface area (Å²) in [5, 5.41) is 24.3. The van der Waals surface area contributed by atoms with Crippen LogP contribution < -0.4 is 0 Å². The fraction of sp³-hybridized carbons (Fsp3) is 0.318. The van der Waals surface area contributed by atoms with Gasteiger partial charge in [-0.25, -0.2) is 5.01 Å². The summed E-state index contributed by atoms with van der Waals surface area (Å²) in [6.07, 6.45) is 2.61. The summed E-state index contributed by atoms with van der Waals surface area (Å²) < 4.78 is 0. The lowest BCUT2D eigenvalue weighted by molar-refractivity contribution is -0.385. The average molecular weight is 487 g/mol. The minimum atomic E-state index is -0.792. The van der Waals surface area contributed by atoms with Crippen LogP contribution in [-0.4, -0.2) is 37.6 Å². The zero-order chi connectivity index (χ0) is 24.6. The van der Waals surface area contributed by atoms with Crippen LogP contribution in [0.3, 0.4) is 0 Å². The topological polar surface area (TPSA) is 144 Å². The van der Waals surface area contributed by atoms with Gasteiger partial charge in [0.05, 0.1) is 33.8 Å². The summed E-state index contributed by atoms with van der Waals surface area (Å²) in [5.74, 6) is -2.94. The molecule has 0 radical (unpaired) electrons. The lowest BCUT2D eigenvalue weighted by Gasteiger charge is -2.30. The van der Waals surface area contributed by atoms with Crippen molar-refractivity contribution in [2.45, 2.75) is 32.2 Å². The summed E-state index contributed by atoms with van der Waals surface area (Å²) in [6, 6.07) is 8.57. The average Bonchev–Trinajstić information content (AvgIpc) is 3.08. The lowest BCUT2D eigenvalue weighted by Crippen LogP contribution is -2.49. The van der Waals surface area contributed by atoms with Crippen molar-refractivity contribution in [1.29, 1.82) is 0 Å². The second-order valence-corrected chi connectivity index (χ2v) is 8.62. The number of nitro benzene ring substituents is 2. The molecule has 2 aliphatic rings. The number of rotatable bonds is 6. The van der Waals surface area contributed by atoms with Crippen molar-refractivity contribution >= 4 is 40.7 Å². The molecule has 0 unspecified atom stereocenters. The van der Waals surface area contributed by atoms with Crippen molar-refractivity contribution in [3.05, 3.63) is 78.8 Å². The van der Waals surface area contributed by atoms with Crippen molar-refractivity contribution in [3.8, 4) is 0 Å². The molecule has 0 N–H and O–H groups in total. The molecule has 0 bridgehead atoms. The van der Waals surface area contributed by atoms with Gasteiger partial charge in [0, 0.05) is 28.8 Å². The van der Waals surface area contributed by atoms with Gasteiger partial charge in [-0.1, -0.05) is 24.4 Å². The third kappa shape index (κ3) is 4.21. The smallest absolute Gasteiger partial charge is 0.272 e. The van der Waals surface area contributed by atoms with E-state index in [1.807, 2.05) is 0 Å². The zero-order valence-corrected chi connectivity index (χ0v) is 18.5. The Hall–Kier alpha value is -3.86. The van der Waals surface area contributed by atoms with Crippen LogP contribution in [-0.2, 0) is 16.1 Å². The van der Waals surface area contributed by atoms with E-state index in [9.17, 15) is 34.6 Å². The molecule has 0 aromatic heterocycles. The molecule has 3 amide bonds. The fourth-order valence-corrected chi connectivity index (χ4v) is 4.66. The molecule has 2 atom stereocenters. The van der Waals surface area contributed by atoms with Crippen LogP contribution in [0, 0.1) is 32.1 Å². The highest BCUT2D eigenvalue weighted by atomic mass is 35.5. The highest BCUT2D eigenvalue weighted by Crippen LogP contribution is 2.39. The van der Waals surface area contributed by atoms with E-state index in [-0.39, 0.29) is 27.5 Å². The van der Waals surface area contributed by atoms with Crippen LogP contribution in [0.5, 0.6) is 0 Å². The summed E-state index contributed by atoms with van der Waals surface area (Å²) in [7, 11) is 0. The zero-order valence-electron chi connectivity index (χ0n) is 17.8. The minimum absolute atomic E-state index is 0.0160. The number of non-ortho nitro benzene ring substituents is 1. The number of nitro groups is 2. The Morgan fingerprint density at radius 1 is 0.971 bits per heavy atom. The molecule has 34 heavy (non-hydrogen) atoms. The third-order valence-corrected chi connectivity index (χ3v) is 6.42. The summed E-state index contributed by atoms with van der Waals surface area (Å²) >= 11 is 5.89. The molecule has 11 nitrogen and oxygen atoms in total. The molecule has 4 rings (SSSR count). The molecular formula is C22H19ClN4O7. The Labute approximate surface area is 198 Å². The first-order chi connectivity index (χ1) is 16.2. The van der Waals surface area contributed by atoms with Crippen molar-refractivity contribution in [1.82, 2.24) is 10.0 Å². The van der Waals surface area contributed by atoms with Crippen molar-refractivity contribution < 1.29 is 24.2 Å². The number of halogens is 1. The maximum Gasteiger partial charge on any atom is 0.275 e. The molecule has 12 heteroatoms. The second kappa shape index (κ2) is 9.18. The normalized spacial score (nSPS) is 19.6. The number of fused-ring (bicyclic) bond motifs is 1. The van der Waals surface area contributed by atoms with Gasteiger partial charge in [0.1, 0.15) is 0 Å². The predicted octanol–water partition coefficient (Wildman–Crippen LogP) is 3.89. The summed E-state index contributed by atoms with van der Waals surface area (Å²) in [5.41, 5.74) is -0.556. The predicted molar refractivity (Wildman–Crippen MR) is 118 cm³/mol. The number of benzene rings is 2. The van der Waals surface area contributed by atoms with Gasteiger partial charge in [0.15, 0.2) is 0 Å². The van der Waals surface area contributed by atoms with Crippen LogP contribution in [0.2, 0.25) is 5.02 Å². The largest absolute Gasteiger partial charge is 0.275 e. The van der Waals surface area contributed by atoms with Gasteiger partial charge in [-0.15, -0.1) is 0 Å². The first-order valence-corrected chi connectivity index (χ1v) is 10.9.